The Balaban J connectivity index is 2.20. The van der Waals surface area contributed by atoms with E-state index in [1.807, 2.05) is 24.3 Å². The van der Waals surface area contributed by atoms with Gasteiger partial charge in [0.1, 0.15) is 0 Å². The summed E-state index contributed by atoms with van der Waals surface area (Å²) >= 11 is 0. The van der Waals surface area contributed by atoms with Gasteiger partial charge in [-0.25, -0.2) is 0 Å². The minimum atomic E-state index is -0.135. The van der Waals surface area contributed by atoms with Crippen LogP contribution in [0.3, 0.4) is 0 Å². The van der Waals surface area contributed by atoms with E-state index in [9.17, 15) is 4.79 Å². The van der Waals surface area contributed by atoms with Gasteiger partial charge in [0.15, 0.2) is 0 Å². The Morgan fingerprint density at radius 2 is 2.00 bits per heavy atom. The first kappa shape index (κ1) is 10.1. The van der Waals surface area contributed by atoms with Gasteiger partial charge in [-0.2, -0.15) is 0 Å². The highest BCUT2D eigenvalue weighted by molar-refractivity contribution is 5.62. The van der Waals surface area contributed by atoms with E-state index in [1.165, 1.54) is 6.07 Å². The van der Waals surface area contributed by atoms with Gasteiger partial charge in [0.2, 0.25) is 0 Å². The number of hydrogen-bond acceptors (Lipinski definition) is 2. The van der Waals surface area contributed by atoms with Gasteiger partial charge in [-0.3, -0.25) is 15.0 Å². The molecule has 1 aromatic heterocycles. The molecule has 80 valence electrons. The standard InChI is InChI=1S/C12H11N3O/c1-2-7-13-10-5-3-9(4-6-10)11-8-12(16)15-14-11/h1,3-6,8,13H,7H2,(H2,14,15,16). The zero-order valence-electron chi connectivity index (χ0n) is 8.58. The van der Waals surface area contributed by atoms with Crippen LogP contribution in [0.15, 0.2) is 35.1 Å². The largest absolute Gasteiger partial charge is 0.374 e. The first-order valence-electron chi connectivity index (χ1n) is 4.85. The number of terminal acetylenes is 1. The average molecular weight is 213 g/mol. The molecule has 0 aliphatic carbocycles. The maximum Gasteiger partial charge on any atom is 0.264 e. The van der Waals surface area contributed by atoms with E-state index < -0.39 is 0 Å². The lowest BCUT2D eigenvalue weighted by molar-refractivity contribution is 1.06. The quantitative estimate of drug-likeness (QED) is 0.675. The topological polar surface area (TPSA) is 60.7 Å². The van der Waals surface area contributed by atoms with E-state index in [2.05, 4.69) is 21.4 Å². The number of hydrogen-bond donors (Lipinski definition) is 3. The summed E-state index contributed by atoms with van der Waals surface area (Å²) in [5, 5.41) is 8.35. The number of aromatic nitrogens is 2. The van der Waals surface area contributed by atoms with Crippen molar-refractivity contribution in [1.82, 2.24) is 10.2 Å². The molecule has 3 N–H and O–H groups in total. The Bertz CT molecular complexity index is 557. The van der Waals surface area contributed by atoms with Crippen molar-refractivity contribution in [2.24, 2.45) is 0 Å². The van der Waals surface area contributed by atoms with Crippen molar-refractivity contribution in [2.75, 3.05) is 11.9 Å². The van der Waals surface area contributed by atoms with Crippen molar-refractivity contribution in [3.05, 3.63) is 40.7 Å². The zero-order chi connectivity index (χ0) is 11.4. The average Bonchev–Trinajstić information content (AvgIpc) is 2.74. The van der Waals surface area contributed by atoms with Crippen LogP contribution in [0.4, 0.5) is 5.69 Å². The van der Waals surface area contributed by atoms with E-state index in [0.717, 1.165) is 16.9 Å². The van der Waals surface area contributed by atoms with E-state index in [-0.39, 0.29) is 5.56 Å². The normalized spacial score (nSPS) is 9.69. The number of H-pyrrole nitrogens is 2. The molecular weight excluding hydrogens is 202 g/mol. The molecule has 0 saturated heterocycles. The highest BCUT2D eigenvalue weighted by Crippen LogP contribution is 2.17. The maximum absolute atomic E-state index is 11.0. The molecule has 0 aliphatic heterocycles. The van der Waals surface area contributed by atoms with Gasteiger partial charge >= 0.3 is 0 Å². The molecule has 16 heavy (non-hydrogen) atoms. The molecule has 0 radical (unpaired) electrons. The molecule has 0 amide bonds. The summed E-state index contributed by atoms with van der Waals surface area (Å²) in [5.41, 5.74) is 2.54. The van der Waals surface area contributed by atoms with Crippen molar-refractivity contribution in [1.29, 1.82) is 0 Å². The monoisotopic (exact) mass is 213 g/mol. The third kappa shape index (κ3) is 2.15. The maximum atomic E-state index is 11.0. The number of rotatable bonds is 3. The van der Waals surface area contributed by atoms with E-state index in [1.54, 1.807) is 0 Å². The molecule has 2 aromatic rings. The molecule has 0 saturated carbocycles. The molecular formula is C12H11N3O. The summed E-state index contributed by atoms with van der Waals surface area (Å²) < 4.78 is 0. The van der Waals surface area contributed by atoms with Crippen molar-refractivity contribution >= 4 is 5.69 Å². The van der Waals surface area contributed by atoms with Gasteiger partial charge in [-0.15, -0.1) is 6.42 Å². The molecule has 1 heterocycles. The summed E-state index contributed by atoms with van der Waals surface area (Å²) in [4.78, 5) is 11.0. The smallest absolute Gasteiger partial charge is 0.264 e. The predicted molar refractivity (Wildman–Crippen MR) is 64.2 cm³/mol. The van der Waals surface area contributed by atoms with Gasteiger partial charge in [-0.05, 0) is 17.7 Å². The van der Waals surface area contributed by atoms with Crippen molar-refractivity contribution in [3.8, 4) is 23.6 Å². The molecule has 4 heteroatoms. The van der Waals surface area contributed by atoms with Crippen LogP contribution in [0.5, 0.6) is 0 Å². The molecule has 2 rings (SSSR count). The summed E-state index contributed by atoms with van der Waals surface area (Å²) in [6.45, 7) is 0.500. The Morgan fingerprint density at radius 1 is 1.25 bits per heavy atom. The Hall–Kier alpha value is -2.41. The molecule has 0 atom stereocenters. The Labute approximate surface area is 92.7 Å². The molecule has 4 nitrogen and oxygen atoms in total. The summed E-state index contributed by atoms with van der Waals surface area (Å²) in [7, 11) is 0. The summed E-state index contributed by atoms with van der Waals surface area (Å²) in [6, 6.07) is 9.18. The van der Waals surface area contributed by atoms with Gasteiger partial charge in [0.05, 0.1) is 12.2 Å². The second-order valence-corrected chi connectivity index (χ2v) is 3.31. The van der Waals surface area contributed by atoms with Gasteiger partial charge in [-0.1, -0.05) is 18.1 Å². The number of benzene rings is 1. The molecule has 1 aromatic carbocycles. The van der Waals surface area contributed by atoms with Crippen molar-refractivity contribution < 1.29 is 0 Å². The lowest BCUT2D eigenvalue weighted by Crippen LogP contribution is -1.97. The molecule has 0 aliphatic rings. The fourth-order valence-electron chi connectivity index (χ4n) is 1.41. The number of anilines is 1. The highest BCUT2D eigenvalue weighted by atomic mass is 16.1. The van der Waals surface area contributed by atoms with E-state index >= 15 is 0 Å². The van der Waals surface area contributed by atoms with Crippen molar-refractivity contribution in [2.45, 2.75) is 0 Å². The minimum absolute atomic E-state index is 0.135. The van der Waals surface area contributed by atoms with Crippen LogP contribution in [-0.2, 0) is 0 Å². The first-order chi connectivity index (χ1) is 7.79. The van der Waals surface area contributed by atoms with Crippen LogP contribution in [0.1, 0.15) is 0 Å². The van der Waals surface area contributed by atoms with E-state index in [4.69, 9.17) is 6.42 Å². The summed E-state index contributed by atoms with van der Waals surface area (Å²) in [6.07, 6.45) is 5.14. The highest BCUT2D eigenvalue weighted by Gasteiger charge is 1.99. The van der Waals surface area contributed by atoms with Crippen LogP contribution < -0.4 is 10.9 Å². The lowest BCUT2D eigenvalue weighted by atomic mass is 10.1. The van der Waals surface area contributed by atoms with Gasteiger partial charge in [0, 0.05) is 11.8 Å². The van der Waals surface area contributed by atoms with Crippen LogP contribution in [0.25, 0.3) is 11.3 Å². The van der Waals surface area contributed by atoms with E-state index in [0.29, 0.717) is 6.54 Å². The van der Waals surface area contributed by atoms with Gasteiger partial charge in [0.25, 0.3) is 5.56 Å². The Kier molecular flexibility index (Phi) is 2.79. The lowest BCUT2D eigenvalue weighted by Gasteiger charge is -2.03. The van der Waals surface area contributed by atoms with Crippen LogP contribution in [0.2, 0.25) is 0 Å². The third-order valence-corrected chi connectivity index (χ3v) is 2.19. The minimum Gasteiger partial charge on any atom is -0.374 e. The number of nitrogens with one attached hydrogen (secondary N) is 3. The summed E-state index contributed by atoms with van der Waals surface area (Å²) in [5.74, 6) is 2.50. The predicted octanol–water partition coefficient (Wildman–Crippen LogP) is 1.42. The van der Waals surface area contributed by atoms with Gasteiger partial charge < -0.3 is 5.32 Å². The number of aromatic amines is 2. The van der Waals surface area contributed by atoms with Crippen LogP contribution in [0, 0.1) is 12.3 Å². The second kappa shape index (κ2) is 4.41. The molecule has 0 bridgehead atoms. The Morgan fingerprint density at radius 3 is 2.56 bits per heavy atom. The fourth-order valence-corrected chi connectivity index (χ4v) is 1.41. The SMILES string of the molecule is C#CCNc1ccc(-c2cc(=O)[nH][nH]2)cc1. The fraction of sp³-hybridized carbons (Fsp3) is 0.0833. The van der Waals surface area contributed by atoms with Crippen LogP contribution in [-0.4, -0.2) is 16.7 Å². The second-order valence-electron chi connectivity index (χ2n) is 3.31. The molecule has 0 fully saturated rings. The molecule has 0 unspecified atom stereocenters. The van der Waals surface area contributed by atoms with Crippen molar-refractivity contribution in [3.63, 3.8) is 0 Å². The van der Waals surface area contributed by atoms with Crippen LogP contribution >= 0.6 is 0 Å². The third-order valence-electron chi connectivity index (χ3n) is 2.19. The zero-order valence-corrected chi connectivity index (χ0v) is 8.58. The molecule has 0 spiro atoms. The first-order valence-corrected chi connectivity index (χ1v) is 4.85.